The SMILES string of the molecule is N[C@@H](Cc1ccc(O)cc1)C(=O)NCCC(=O)O. The zero-order chi connectivity index (χ0) is 13.5. The van der Waals surface area contributed by atoms with E-state index in [-0.39, 0.29) is 24.6 Å². The van der Waals surface area contributed by atoms with Gasteiger partial charge in [-0.2, -0.15) is 0 Å². The van der Waals surface area contributed by atoms with Crippen molar-refractivity contribution in [2.75, 3.05) is 6.54 Å². The molecule has 6 heteroatoms. The molecule has 0 bridgehead atoms. The summed E-state index contributed by atoms with van der Waals surface area (Å²) in [5, 5.41) is 20.0. The van der Waals surface area contributed by atoms with E-state index < -0.39 is 12.0 Å². The van der Waals surface area contributed by atoms with E-state index in [9.17, 15) is 9.59 Å². The predicted molar refractivity (Wildman–Crippen MR) is 65.0 cm³/mol. The number of aromatic hydroxyl groups is 1. The van der Waals surface area contributed by atoms with Crippen molar-refractivity contribution >= 4 is 11.9 Å². The molecule has 0 radical (unpaired) electrons. The second-order valence-electron chi connectivity index (χ2n) is 3.91. The highest BCUT2D eigenvalue weighted by atomic mass is 16.4. The number of carbonyl (C=O) groups is 2. The number of phenols is 1. The maximum atomic E-state index is 11.5. The number of phenolic OH excluding ortho intramolecular Hbond substituents is 1. The van der Waals surface area contributed by atoms with E-state index in [1.807, 2.05) is 0 Å². The van der Waals surface area contributed by atoms with Gasteiger partial charge < -0.3 is 21.3 Å². The lowest BCUT2D eigenvalue weighted by atomic mass is 10.1. The van der Waals surface area contributed by atoms with Gasteiger partial charge in [-0.3, -0.25) is 9.59 Å². The molecule has 0 fully saturated rings. The Bertz CT molecular complexity index is 417. The highest BCUT2D eigenvalue weighted by Crippen LogP contribution is 2.10. The van der Waals surface area contributed by atoms with Crippen molar-refractivity contribution < 1.29 is 19.8 Å². The fourth-order valence-corrected chi connectivity index (χ4v) is 1.40. The van der Waals surface area contributed by atoms with Crippen molar-refractivity contribution in [1.82, 2.24) is 5.32 Å². The third-order valence-corrected chi connectivity index (χ3v) is 2.37. The summed E-state index contributed by atoms with van der Waals surface area (Å²) < 4.78 is 0. The number of nitrogens with two attached hydrogens (primary N) is 1. The summed E-state index contributed by atoms with van der Waals surface area (Å²) in [5.41, 5.74) is 6.51. The number of benzene rings is 1. The van der Waals surface area contributed by atoms with Crippen molar-refractivity contribution in [3.8, 4) is 5.75 Å². The highest BCUT2D eigenvalue weighted by molar-refractivity contribution is 5.82. The van der Waals surface area contributed by atoms with Crippen LogP contribution < -0.4 is 11.1 Å². The Morgan fingerprint density at radius 2 is 1.89 bits per heavy atom. The molecule has 6 nitrogen and oxygen atoms in total. The molecule has 1 aromatic rings. The topological polar surface area (TPSA) is 113 Å². The molecular formula is C12H16N2O4. The second-order valence-corrected chi connectivity index (χ2v) is 3.91. The van der Waals surface area contributed by atoms with Gasteiger partial charge >= 0.3 is 5.97 Å². The van der Waals surface area contributed by atoms with Crippen molar-refractivity contribution in [3.63, 3.8) is 0 Å². The number of nitrogens with one attached hydrogen (secondary N) is 1. The molecule has 0 aliphatic carbocycles. The first-order valence-corrected chi connectivity index (χ1v) is 5.52. The van der Waals surface area contributed by atoms with E-state index in [0.717, 1.165) is 5.56 Å². The standard InChI is InChI=1S/C12H16N2O4/c13-10(12(18)14-6-5-11(16)17)7-8-1-3-9(15)4-2-8/h1-4,10,15H,5-7,13H2,(H,14,18)(H,16,17)/t10-/m0/s1. The Morgan fingerprint density at radius 3 is 2.44 bits per heavy atom. The Labute approximate surface area is 104 Å². The van der Waals surface area contributed by atoms with Crippen LogP contribution in [0.15, 0.2) is 24.3 Å². The Kier molecular flexibility index (Phi) is 5.13. The third kappa shape index (κ3) is 4.84. The summed E-state index contributed by atoms with van der Waals surface area (Å²) in [4.78, 5) is 21.8. The van der Waals surface area contributed by atoms with Crippen LogP contribution in [0.5, 0.6) is 5.75 Å². The molecule has 98 valence electrons. The highest BCUT2D eigenvalue weighted by Gasteiger charge is 2.13. The fraction of sp³-hybridized carbons (Fsp3) is 0.333. The second kappa shape index (κ2) is 6.61. The number of amides is 1. The minimum absolute atomic E-state index is 0.0669. The molecule has 1 aromatic carbocycles. The molecule has 5 N–H and O–H groups in total. The summed E-state index contributed by atoms with van der Waals surface area (Å²) in [5.74, 6) is -1.20. The minimum atomic E-state index is -0.970. The van der Waals surface area contributed by atoms with Crippen LogP contribution in [0.4, 0.5) is 0 Å². The van der Waals surface area contributed by atoms with Crippen LogP contribution in [0.2, 0.25) is 0 Å². The number of carbonyl (C=O) groups excluding carboxylic acids is 1. The van der Waals surface area contributed by atoms with Crippen molar-refractivity contribution in [3.05, 3.63) is 29.8 Å². The number of carboxylic acid groups (broad SMARTS) is 1. The number of hydrogen-bond acceptors (Lipinski definition) is 4. The molecule has 1 atom stereocenters. The largest absolute Gasteiger partial charge is 0.508 e. The molecular weight excluding hydrogens is 236 g/mol. The van der Waals surface area contributed by atoms with Crippen LogP contribution in [0, 0.1) is 0 Å². The lowest BCUT2D eigenvalue weighted by molar-refractivity contribution is -0.136. The smallest absolute Gasteiger partial charge is 0.305 e. The first-order chi connectivity index (χ1) is 8.49. The van der Waals surface area contributed by atoms with E-state index in [2.05, 4.69) is 5.32 Å². The molecule has 0 aromatic heterocycles. The van der Waals surface area contributed by atoms with Gasteiger partial charge in [0.05, 0.1) is 12.5 Å². The van der Waals surface area contributed by atoms with Crippen LogP contribution >= 0.6 is 0 Å². The van der Waals surface area contributed by atoms with Gasteiger partial charge in [-0.05, 0) is 24.1 Å². The average molecular weight is 252 g/mol. The van der Waals surface area contributed by atoms with Gasteiger partial charge in [-0.15, -0.1) is 0 Å². The van der Waals surface area contributed by atoms with Gasteiger partial charge in [0, 0.05) is 6.54 Å². The van der Waals surface area contributed by atoms with E-state index in [0.29, 0.717) is 6.42 Å². The van der Waals surface area contributed by atoms with Gasteiger partial charge in [0.2, 0.25) is 5.91 Å². The average Bonchev–Trinajstić information content (AvgIpc) is 2.31. The number of hydrogen-bond donors (Lipinski definition) is 4. The van der Waals surface area contributed by atoms with E-state index in [1.54, 1.807) is 12.1 Å². The normalized spacial score (nSPS) is 11.8. The molecule has 0 saturated heterocycles. The quantitative estimate of drug-likeness (QED) is 0.562. The maximum absolute atomic E-state index is 11.5. The van der Waals surface area contributed by atoms with Gasteiger partial charge in [0.1, 0.15) is 5.75 Å². The van der Waals surface area contributed by atoms with Crippen LogP contribution in [0.1, 0.15) is 12.0 Å². The molecule has 1 rings (SSSR count). The molecule has 1 amide bonds. The van der Waals surface area contributed by atoms with Crippen LogP contribution in [0.25, 0.3) is 0 Å². The monoisotopic (exact) mass is 252 g/mol. The fourth-order valence-electron chi connectivity index (χ4n) is 1.40. The lowest BCUT2D eigenvalue weighted by Crippen LogP contribution is -2.42. The van der Waals surface area contributed by atoms with Crippen LogP contribution in [0.3, 0.4) is 0 Å². The Morgan fingerprint density at radius 1 is 1.28 bits per heavy atom. The summed E-state index contributed by atoms with van der Waals surface area (Å²) >= 11 is 0. The van der Waals surface area contributed by atoms with Crippen molar-refractivity contribution in [2.24, 2.45) is 5.73 Å². The summed E-state index contributed by atoms with van der Waals surface area (Å²) in [6, 6.07) is 5.66. The molecule has 0 saturated carbocycles. The number of carboxylic acids is 1. The molecule has 0 spiro atoms. The van der Waals surface area contributed by atoms with Crippen molar-refractivity contribution in [1.29, 1.82) is 0 Å². The lowest BCUT2D eigenvalue weighted by Gasteiger charge is -2.11. The van der Waals surface area contributed by atoms with Gasteiger partial charge in [-0.1, -0.05) is 12.1 Å². The molecule has 18 heavy (non-hydrogen) atoms. The summed E-state index contributed by atoms with van der Waals surface area (Å²) in [6.07, 6.45) is 0.205. The third-order valence-electron chi connectivity index (χ3n) is 2.37. The van der Waals surface area contributed by atoms with Gasteiger partial charge in [0.25, 0.3) is 0 Å². The first kappa shape index (κ1) is 14.0. The zero-order valence-electron chi connectivity index (χ0n) is 9.80. The number of aliphatic carboxylic acids is 1. The van der Waals surface area contributed by atoms with Crippen LogP contribution in [-0.2, 0) is 16.0 Å². The van der Waals surface area contributed by atoms with Crippen LogP contribution in [-0.4, -0.2) is 34.7 Å². The van der Waals surface area contributed by atoms with Crippen molar-refractivity contribution in [2.45, 2.75) is 18.9 Å². The minimum Gasteiger partial charge on any atom is -0.508 e. The van der Waals surface area contributed by atoms with E-state index >= 15 is 0 Å². The molecule has 0 unspecified atom stereocenters. The summed E-state index contributed by atoms with van der Waals surface area (Å²) in [6.45, 7) is 0.0669. The zero-order valence-corrected chi connectivity index (χ0v) is 9.80. The summed E-state index contributed by atoms with van der Waals surface area (Å²) in [7, 11) is 0. The molecule has 0 aliphatic rings. The molecule has 0 aliphatic heterocycles. The Balaban J connectivity index is 2.39. The van der Waals surface area contributed by atoms with E-state index in [4.69, 9.17) is 15.9 Å². The number of rotatable bonds is 6. The first-order valence-electron chi connectivity index (χ1n) is 5.52. The van der Waals surface area contributed by atoms with E-state index in [1.165, 1.54) is 12.1 Å². The van der Waals surface area contributed by atoms with Gasteiger partial charge in [-0.25, -0.2) is 0 Å². The maximum Gasteiger partial charge on any atom is 0.305 e. The predicted octanol–water partition coefficient (Wildman–Crippen LogP) is -0.147. The Hall–Kier alpha value is -2.08. The van der Waals surface area contributed by atoms with Gasteiger partial charge in [0.15, 0.2) is 0 Å². The molecule has 0 heterocycles.